The minimum atomic E-state index is -1.68. The van der Waals surface area contributed by atoms with Crippen molar-refractivity contribution >= 4 is 70.7 Å². The zero-order valence-electron chi connectivity index (χ0n) is 45.6. The molecule has 1 heterocycles. The number of halogens is 1. The normalized spacial score (nSPS) is 23.2. The Hall–Kier alpha value is -6.85. The lowest BCUT2D eigenvalue weighted by molar-refractivity contribution is -0.136. The molecule has 0 aromatic heterocycles. The number of nitrogens with two attached hydrogens (primary N) is 5. The van der Waals surface area contributed by atoms with E-state index in [2.05, 4.69) is 53.2 Å². The summed E-state index contributed by atoms with van der Waals surface area (Å²) in [7, 11) is 0. The third kappa shape index (κ3) is 22.0. The van der Waals surface area contributed by atoms with Crippen LogP contribution in [0, 0.1) is 5.92 Å². The Morgan fingerprint density at radius 3 is 1.66 bits per heavy atom. The van der Waals surface area contributed by atoms with E-state index in [0.29, 0.717) is 16.1 Å². The van der Waals surface area contributed by atoms with Crippen LogP contribution in [-0.2, 0) is 54.4 Å². The number of rotatable bonds is 22. The molecule has 0 bridgehead atoms. The minimum Gasteiger partial charge on any atom is -0.391 e. The molecule has 80 heavy (non-hydrogen) atoms. The van der Waals surface area contributed by atoms with Crippen molar-refractivity contribution in [2.75, 3.05) is 39.3 Å². The summed E-state index contributed by atoms with van der Waals surface area (Å²) >= 11 is 6.14. The molecule has 3 rings (SSSR count). The van der Waals surface area contributed by atoms with Crippen molar-refractivity contribution in [3.8, 4) is 0 Å². The van der Waals surface area contributed by atoms with Gasteiger partial charge in [-0.05, 0) is 101 Å². The highest BCUT2D eigenvalue weighted by Crippen LogP contribution is 2.22. The Bertz CT molecular complexity index is 2400. The van der Waals surface area contributed by atoms with Crippen LogP contribution in [0.2, 0.25) is 5.02 Å². The predicted octanol–water partition coefficient (Wildman–Crippen LogP) is -5.29. The third-order valence-corrected chi connectivity index (χ3v) is 13.2. The van der Waals surface area contributed by atoms with Gasteiger partial charge in [-0.1, -0.05) is 67.9 Å². The summed E-state index contributed by atoms with van der Waals surface area (Å²) in [5.41, 5.74) is 30.8. The van der Waals surface area contributed by atoms with Crippen LogP contribution in [0.3, 0.4) is 0 Å². The van der Waals surface area contributed by atoms with Gasteiger partial charge < -0.3 is 92.0 Å². The molecular formula is C52H82ClN15O12. The maximum Gasteiger partial charge on any atom is 0.245 e. The summed E-state index contributed by atoms with van der Waals surface area (Å²) in [5.74, 6) is -9.88. The molecule has 22 N–H and O–H groups in total. The average Bonchev–Trinajstić information content (AvgIpc) is 3.40. The van der Waals surface area contributed by atoms with Crippen LogP contribution in [0.25, 0.3) is 0 Å². The molecule has 27 nitrogen and oxygen atoms in total. The second-order valence-electron chi connectivity index (χ2n) is 20.0. The highest BCUT2D eigenvalue weighted by molar-refractivity contribution is 6.30. The van der Waals surface area contributed by atoms with Gasteiger partial charge >= 0.3 is 0 Å². The zero-order valence-corrected chi connectivity index (χ0v) is 46.4. The molecule has 1 aliphatic heterocycles. The molecule has 0 saturated carbocycles. The van der Waals surface area contributed by atoms with E-state index < -0.39 is 151 Å². The smallest absolute Gasteiger partial charge is 0.245 e. The van der Waals surface area contributed by atoms with Crippen molar-refractivity contribution in [1.29, 1.82) is 0 Å². The molecule has 1 saturated heterocycles. The number of carbonyl (C=O) groups excluding carboxylic acids is 10. The molecule has 10 amide bonds. The highest BCUT2D eigenvalue weighted by atomic mass is 35.5. The fourth-order valence-corrected chi connectivity index (χ4v) is 8.73. The van der Waals surface area contributed by atoms with Gasteiger partial charge in [0.05, 0.1) is 12.2 Å². The number of hydrogen-bond donors (Lipinski definition) is 17. The summed E-state index contributed by atoms with van der Waals surface area (Å²) in [5, 5.41) is 47.1. The van der Waals surface area contributed by atoms with Crippen LogP contribution in [0.1, 0.15) is 83.3 Å². The van der Waals surface area contributed by atoms with Crippen molar-refractivity contribution in [2.24, 2.45) is 34.6 Å². The van der Waals surface area contributed by atoms with E-state index in [0.717, 1.165) is 0 Å². The van der Waals surface area contributed by atoms with Gasteiger partial charge in [-0.15, -0.1) is 0 Å². The first-order valence-corrected chi connectivity index (χ1v) is 27.0. The first-order valence-electron chi connectivity index (χ1n) is 26.6. The van der Waals surface area contributed by atoms with Crippen molar-refractivity contribution in [2.45, 2.75) is 145 Å². The number of amides is 10. The van der Waals surface area contributed by atoms with Gasteiger partial charge in [0.2, 0.25) is 59.1 Å². The summed E-state index contributed by atoms with van der Waals surface area (Å²) in [6.07, 6.45) is -4.32. The molecule has 2 aromatic carbocycles. The van der Waals surface area contributed by atoms with Crippen molar-refractivity contribution in [3.63, 3.8) is 0 Å². The Balaban J connectivity index is 2.07. The molecule has 1 aliphatic rings. The highest BCUT2D eigenvalue weighted by Gasteiger charge is 2.37. The summed E-state index contributed by atoms with van der Waals surface area (Å²) < 4.78 is 0. The lowest BCUT2D eigenvalue weighted by Crippen LogP contribution is -2.62. The van der Waals surface area contributed by atoms with E-state index >= 15 is 0 Å². The Morgan fingerprint density at radius 1 is 0.625 bits per heavy atom. The van der Waals surface area contributed by atoms with E-state index in [9.17, 15) is 58.2 Å². The first kappa shape index (κ1) is 67.4. The number of aliphatic hydroxyl groups excluding tert-OH is 2. The molecule has 0 radical (unpaired) electrons. The van der Waals surface area contributed by atoms with Gasteiger partial charge in [-0.2, -0.15) is 0 Å². The number of hydrogen-bond acceptors (Lipinski definition) is 17. The van der Waals surface area contributed by atoms with E-state index in [1.165, 1.54) is 13.8 Å². The van der Waals surface area contributed by atoms with Crippen LogP contribution in [0.15, 0.2) is 54.6 Å². The molecule has 0 spiro atoms. The molecule has 2 aromatic rings. The molecular weight excluding hydrogens is 1060 g/mol. The quantitative estimate of drug-likeness (QED) is 0.0524. The largest absolute Gasteiger partial charge is 0.391 e. The monoisotopic (exact) mass is 1140 g/mol. The fourth-order valence-electron chi connectivity index (χ4n) is 8.53. The van der Waals surface area contributed by atoms with Crippen LogP contribution in [-0.4, -0.2) is 175 Å². The Kier molecular flexibility index (Phi) is 28.9. The third-order valence-electron chi connectivity index (χ3n) is 12.9. The predicted molar refractivity (Wildman–Crippen MR) is 296 cm³/mol. The van der Waals surface area contributed by atoms with Crippen LogP contribution < -0.4 is 81.8 Å². The summed E-state index contributed by atoms with van der Waals surface area (Å²) in [6.45, 7) is 4.54. The maximum atomic E-state index is 14.4. The van der Waals surface area contributed by atoms with Crippen LogP contribution in [0.4, 0.5) is 0 Å². The number of nitrogens with one attached hydrogen (secondary N) is 10. The van der Waals surface area contributed by atoms with E-state index in [-0.39, 0.29) is 70.6 Å². The second kappa shape index (κ2) is 34.3. The lowest BCUT2D eigenvalue weighted by atomic mass is 9.95. The fraction of sp³-hybridized carbons (Fsp3) is 0.577. The van der Waals surface area contributed by atoms with Crippen LogP contribution in [0.5, 0.6) is 0 Å². The SMILES string of the molecule is CC(C)C[C@@H]1NC(=O)[C@@H](Cc2ccccc2)NC(=O)[C@H](CCN)NC(=O)[C@@H](NC(=O)[C@H](CN)NC(=O)[C@@H](NC(=O)CC(CN)c2cccc(Cl)c2)[C@@H](C)O)CCNC(=O)[C@H]([C@@H](C)O)NC(=O)[C@H](CCN)NC(=O)[C@H](CCN)NC1=O. The summed E-state index contributed by atoms with van der Waals surface area (Å²) in [4.78, 5) is 140. The second-order valence-corrected chi connectivity index (χ2v) is 20.4. The standard InChI is InChI=1S/C52H82ClN15O12/c1-27(2)21-38-48(76)62-34(13-17-54)44(72)61-36(15-19-56)47(75)68-42(28(3)69)51(79)59-20-16-37(46(74)60-35(14-18-55)45(73)65-39(49(77)64-38)22-30-9-6-5-7-10-30)63-50(78)40(26-58)66-52(80)43(29(4)70)67-41(71)24-32(25-57)31-11-8-12-33(53)23-31/h5-12,23,27-29,32,34-40,42-43,69-70H,13-22,24-26,54-58H2,1-4H3,(H,59,79)(H,60,74)(H,61,72)(H,62,76)(H,63,78)(H,64,77)(H,65,73)(H,66,80)(H,67,71)(H,68,75)/t28-,29-,32?,34+,35+,36+,37+,38+,39-,40+,42+,43+/m1/s1. The van der Waals surface area contributed by atoms with Gasteiger partial charge in [0.15, 0.2) is 0 Å². The van der Waals surface area contributed by atoms with Crippen molar-refractivity contribution in [3.05, 3.63) is 70.7 Å². The number of carbonyl (C=O) groups is 10. The minimum absolute atomic E-state index is 0.0295. The van der Waals surface area contributed by atoms with E-state index in [1.807, 2.05) is 0 Å². The van der Waals surface area contributed by atoms with Gasteiger partial charge in [0.25, 0.3) is 0 Å². The Labute approximate surface area is 470 Å². The van der Waals surface area contributed by atoms with E-state index in [4.69, 9.17) is 40.3 Å². The molecule has 1 unspecified atom stereocenters. The number of benzene rings is 2. The molecule has 444 valence electrons. The number of aliphatic hydroxyl groups is 2. The topological polar surface area (TPSA) is 462 Å². The first-order chi connectivity index (χ1) is 38.0. The van der Waals surface area contributed by atoms with Crippen molar-refractivity contribution in [1.82, 2.24) is 53.2 Å². The van der Waals surface area contributed by atoms with Gasteiger partial charge in [0.1, 0.15) is 54.4 Å². The molecule has 28 heteroatoms. The van der Waals surface area contributed by atoms with Gasteiger partial charge in [0, 0.05) is 36.9 Å². The molecule has 0 aliphatic carbocycles. The van der Waals surface area contributed by atoms with E-state index in [1.54, 1.807) is 68.4 Å². The summed E-state index contributed by atoms with van der Waals surface area (Å²) in [6, 6.07) is 1.70. The van der Waals surface area contributed by atoms with Gasteiger partial charge in [-0.25, -0.2) is 0 Å². The molecule has 1 fully saturated rings. The van der Waals surface area contributed by atoms with Gasteiger partial charge in [-0.3, -0.25) is 47.9 Å². The lowest BCUT2D eigenvalue weighted by Gasteiger charge is -2.28. The Morgan fingerprint density at radius 2 is 1.15 bits per heavy atom. The maximum absolute atomic E-state index is 14.4. The van der Waals surface area contributed by atoms with Crippen LogP contribution >= 0.6 is 11.6 Å². The molecule has 12 atom stereocenters. The van der Waals surface area contributed by atoms with Crippen molar-refractivity contribution < 1.29 is 58.2 Å². The average molecular weight is 1140 g/mol. The zero-order chi connectivity index (χ0) is 59.6.